The van der Waals surface area contributed by atoms with Gasteiger partial charge in [0.1, 0.15) is 0 Å². The molecule has 0 aromatic heterocycles. The fourth-order valence-electron chi connectivity index (χ4n) is 0.940. The monoisotopic (exact) mass is 104 g/mol. The minimum atomic E-state index is 0.185. The lowest BCUT2D eigenvalue weighted by molar-refractivity contribution is -0.111. The Labute approximate surface area is 47.0 Å². The molecule has 0 saturated heterocycles. The van der Waals surface area contributed by atoms with Crippen molar-refractivity contribution in [1.29, 1.82) is 0 Å². The zero-order valence-electron chi connectivity index (χ0n) is 4.22. The highest BCUT2D eigenvalue weighted by Gasteiger charge is 2.19. The van der Waals surface area contributed by atoms with E-state index in [2.05, 4.69) is 0 Å². The minimum Gasteiger partial charge on any atom is -0.289 e. The van der Waals surface area contributed by atoms with Gasteiger partial charge in [-0.25, -0.2) is 0 Å². The van der Waals surface area contributed by atoms with Crippen LogP contribution in [0.2, 0.25) is 0 Å². The smallest absolute Gasteiger partial charge is 0.193 e. The Morgan fingerprint density at radius 3 is 1.62 bits per heavy atom. The first-order valence-corrected chi connectivity index (χ1v) is 2.53. The zero-order chi connectivity index (χ0) is 5.56. The van der Waals surface area contributed by atoms with Gasteiger partial charge < -0.3 is 0 Å². The number of carbonyl (C=O) groups excluding carboxylic acids is 1. The van der Waals surface area contributed by atoms with Gasteiger partial charge in [-0.15, -0.1) is 0 Å². The highest BCUT2D eigenvalue weighted by atomic mass is 16.1. The largest absolute Gasteiger partial charge is 0.289 e. The van der Waals surface area contributed by atoms with Crippen LogP contribution in [0.3, 0.4) is 0 Å². The molecule has 0 atom stereocenters. The summed E-state index contributed by atoms with van der Waals surface area (Å²) in [7, 11) is 0. The summed E-state index contributed by atoms with van der Waals surface area (Å²) in [4.78, 5) is 10.8. The van der Waals surface area contributed by atoms with E-state index < -0.39 is 0 Å². The van der Waals surface area contributed by atoms with Gasteiger partial charge >= 0.3 is 0 Å². The summed E-state index contributed by atoms with van der Waals surface area (Å²) < 4.78 is 0. The molecule has 0 saturated carbocycles. The molecule has 38 valence electrons. The second kappa shape index (κ2) is 0.996. The minimum absolute atomic E-state index is 0.185. The lowest BCUT2D eigenvalue weighted by Crippen LogP contribution is -1.89. The second-order valence-electron chi connectivity index (χ2n) is 1.91. The number of hydrogen-bond acceptors (Lipinski definition) is 1. The molecule has 0 fully saturated rings. The summed E-state index contributed by atoms with van der Waals surface area (Å²) in [6, 6.07) is 0. The maximum atomic E-state index is 10.8. The molecule has 0 spiro atoms. The van der Waals surface area contributed by atoms with Crippen LogP contribution in [0.5, 0.6) is 0 Å². The van der Waals surface area contributed by atoms with Crippen molar-refractivity contribution in [3.8, 4) is 0 Å². The first kappa shape index (κ1) is 3.84. The molecule has 0 N–H and O–H groups in total. The van der Waals surface area contributed by atoms with Crippen molar-refractivity contribution in [2.75, 3.05) is 0 Å². The molecule has 0 aliphatic heterocycles. The molecule has 2 aliphatic carbocycles. The molecule has 1 heteroatoms. The third kappa shape index (κ3) is 0.259. The number of ketones is 1. The number of Topliss-reactive ketones (excluding diaryl/α,β-unsaturated/α-hetero) is 1. The topological polar surface area (TPSA) is 17.1 Å². The van der Waals surface area contributed by atoms with Crippen molar-refractivity contribution < 1.29 is 4.79 Å². The third-order valence-electron chi connectivity index (χ3n) is 1.41. The standard InChI is InChI=1S/C7H4O/c8-7-5-1-2-6(7)4-3-5/h1-4H. The van der Waals surface area contributed by atoms with Crippen LogP contribution in [-0.2, 0) is 4.79 Å². The van der Waals surface area contributed by atoms with Crippen molar-refractivity contribution in [1.82, 2.24) is 0 Å². The molecule has 0 unspecified atom stereocenters. The van der Waals surface area contributed by atoms with E-state index in [0.29, 0.717) is 0 Å². The number of rotatable bonds is 0. The molecular formula is C7H4O. The SMILES string of the molecule is O=C1C2=CC=C1C=C2. The molecule has 2 aliphatic rings. The van der Waals surface area contributed by atoms with E-state index in [-0.39, 0.29) is 5.78 Å². The van der Waals surface area contributed by atoms with Crippen molar-refractivity contribution in [3.63, 3.8) is 0 Å². The Kier molecular flexibility index (Phi) is 0.478. The summed E-state index contributed by atoms with van der Waals surface area (Å²) >= 11 is 0. The maximum absolute atomic E-state index is 10.8. The van der Waals surface area contributed by atoms with Gasteiger partial charge in [-0.2, -0.15) is 0 Å². The van der Waals surface area contributed by atoms with Gasteiger partial charge in [-0.3, -0.25) is 4.79 Å². The average molecular weight is 104 g/mol. The predicted molar refractivity (Wildman–Crippen MR) is 30.3 cm³/mol. The number of hydrogen-bond donors (Lipinski definition) is 0. The Hall–Kier alpha value is -1.11. The first-order valence-electron chi connectivity index (χ1n) is 2.53. The van der Waals surface area contributed by atoms with Crippen molar-refractivity contribution in [2.24, 2.45) is 0 Å². The molecule has 0 radical (unpaired) electrons. The Morgan fingerprint density at radius 2 is 1.50 bits per heavy atom. The van der Waals surface area contributed by atoms with Crippen LogP contribution in [0.15, 0.2) is 35.5 Å². The fourth-order valence-corrected chi connectivity index (χ4v) is 0.940. The van der Waals surface area contributed by atoms with Crippen molar-refractivity contribution in [2.45, 2.75) is 0 Å². The molecule has 2 bridgehead atoms. The van der Waals surface area contributed by atoms with Crippen LogP contribution in [0, 0.1) is 0 Å². The zero-order valence-corrected chi connectivity index (χ0v) is 4.22. The van der Waals surface area contributed by atoms with E-state index in [1.165, 1.54) is 0 Å². The molecular weight excluding hydrogens is 100 g/mol. The van der Waals surface area contributed by atoms with Gasteiger partial charge in [-0.05, 0) is 0 Å². The lowest BCUT2D eigenvalue weighted by atomic mass is 10.2. The Balaban J connectivity index is 2.73. The van der Waals surface area contributed by atoms with Gasteiger partial charge in [0.15, 0.2) is 5.78 Å². The highest BCUT2D eigenvalue weighted by molar-refractivity contribution is 6.17. The maximum Gasteiger partial charge on any atom is 0.193 e. The third-order valence-corrected chi connectivity index (χ3v) is 1.41. The van der Waals surface area contributed by atoms with E-state index in [1.54, 1.807) is 0 Å². The lowest BCUT2D eigenvalue weighted by Gasteiger charge is -1.78. The van der Waals surface area contributed by atoms with Crippen LogP contribution in [0.4, 0.5) is 0 Å². The van der Waals surface area contributed by atoms with Gasteiger partial charge in [-0.1, -0.05) is 24.3 Å². The van der Waals surface area contributed by atoms with E-state index in [4.69, 9.17) is 0 Å². The molecule has 1 nitrogen and oxygen atoms in total. The number of allylic oxidation sites excluding steroid dienone is 6. The van der Waals surface area contributed by atoms with E-state index in [9.17, 15) is 4.79 Å². The summed E-state index contributed by atoms with van der Waals surface area (Å²) in [5.74, 6) is 0.185. The van der Waals surface area contributed by atoms with E-state index >= 15 is 0 Å². The quantitative estimate of drug-likeness (QED) is 0.448. The highest BCUT2D eigenvalue weighted by Crippen LogP contribution is 2.23. The predicted octanol–water partition coefficient (Wildman–Crippen LogP) is 0.992. The van der Waals surface area contributed by atoms with Crippen LogP contribution in [-0.4, -0.2) is 5.78 Å². The van der Waals surface area contributed by atoms with Crippen LogP contribution in [0.1, 0.15) is 0 Å². The van der Waals surface area contributed by atoms with Crippen LogP contribution >= 0.6 is 0 Å². The average Bonchev–Trinajstić information content (AvgIpc) is 2.29. The molecule has 8 heavy (non-hydrogen) atoms. The number of carbonyl (C=O) groups is 1. The normalized spacial score (nSPS) is 21.8. The summed E-state index contributed by atoms with van der Waals surface area (Å²) in [6.45, 7) is 0. The Bertz CT molecular complexity index is 217. The van der Waals surface area contributed by atoms with Crippen LogP contribution < -0.4 is 0 Å². The van der Waals surface area contributed by atoms with Crippen molar-refractivity contribution >= 4 is 5.78 Å². The van der Waals surface area contributed by atoms with Gasteiger partial charge in [0.05, 0.1) is 0 Å². The molecule has 0 aromatic carbocycles. The van der Waals surface area contributed by atoms with Gasteiger partial charge in [0.25, 0.3) is 0 Å². The second-order valence-corrected chi connectivity index (χ2v) is 1.91. The summed E-state index contributed by atoms with van der Waals surface area (Å²) in [6.07, 6.45) is 7.38. The molecule has 0 heterocycles. The van der Waals surface area contributed by atoms with Crippen molar-refractivity contribution in [3.05, 3.63) is 35.5 Å². The Morgan fingerprint density at radius 1 is 1.00 bits per heavy atom. The summed E-state index contributed by atoms with van der Waals surface area (Å²) in [5, 5.41) is 0. The molecule has 0 aromatic rings. The summed E-state index contributed by atoms with van der Waals surface area (Å²) in [5.41, 5.74) is 1.67. The van der Waals surface area contributed by atoms with Gasteiger partial charge in [0, 0.05) is 11.1 Å². The molecule has 0 amide bonds. The van der Waals surface area contributed by atoms with Crippen LogP contribution in [0.25, 0.3) is 0 Å². The molecule has 2 rings (SSSR count). The first-order chi connectivity index (χ1) is 3.88. The number of fused-ring (bicyclic) bond motifs is 2. The van der Waals surface area contributed by atoms with E-state index in [1.807, 2.05) is 24.3 Å². The fraction of sp³-hybridized carbons (Fsp3) is 0. The van der Waals surface area contributed by atoms with E-state index in [0.717, 1.165) is 11.1 Å². The van der Waals surface area contributed by atoms with Gasteiger partial charge in [0.2, 0.25) is 0 Å².